The minimum atomic E-state index is -0.00264. The lowest BCUT2D eigenvalue weighted by atomic mass is 10.2. The molecule has 0 aromatic heterocycles. The minimum Gasteiger partial charge on any atom is -0.395 e. The SMILES string of the molecule is CSCCC[C@H](N)CO. The number of hydrogen-bond acceptors (Lipinski definition) is 3. The van der Waals surface area contributed by atoms with E-state index >= 15 is 0 Å². The summed E-state index contributed by atoms with van der Waals surface area (Å²) < 4.78 is 0. The zero-order chi connectivity index (χ0) is 7.11. The van der Waals surface area contributed by atoms with Crippen LogP contribution in [0.1, 0.15) is 12.8 Å². The van der Waals surface area contributed by atoms with Crippen LogP contribution in [0.5, 0.6) is 0 Å². The quantitative estimate of drug-likeness (QED) is 0.558. The lowest BCUT2D eigenvalue weighted by molar-refractivity contribution is 0.259. The second-order valence-electron chi connectivity index (χ2n) is 2.08. The minimum absolute atomic E-state index is 0.00264. The van der Waals surface area contributed by atoms with Crippen molar-refractivity contribution in [2.45, 2.75) is 18.9 Å². The molecule has 0 fully saturated rings. The van der Waals surface area contributed by atoms with Crippen LogP contribution in [0.3, 0.4) is 0 Å². The Hall–Kier alpha value is 0.270. The number of aliphatic hydroxyl groups excluding tert-OH is 1. The van der Waals surface area contributed by atoms with Crippen LogP contribution in [0.25, 0.3) is 0 Å². The van der Waals surface area contributed by atoms with E-state index in [9.17, 15) is 0 Å². The Morgan fingerprint density at radius 3 is 2.78 bits per heavy atom. The van der Waals surface area contributed by atoms with Crippen LogP contribution in [-0.2, 0) is 0 Å². The first-order chi connectivity index (χ1) is 4.31. The highest BCUT2D eigenvalue weighted by Crippen LogP contribution is 2.00. The van der Waals surface area contributed by atoms with Gasteiger partial charge in [-0.25, -0.2) is 0 Å². The van der Waals surface area contributed by atoms with Gasteiger partial charge in [0.25, 0.3) is 0 Å². The molecule has 0 aliphatic rings. The van der Waals surface area contributed by atoms with Gasteiger partial charge in [0.15, 0.2) is 0 Å². The second kappa shape index (κ2) is 6.39. The highest BCUT2D eigenvalue weighted by atomic mass is 32.2. The summed E-state index contributed by atoms with van der Waals surface area (Å²) in [5.41, 5.74) is 5.45. The van der Waals surface area contributed by atoms with Gasteiger partial charge in [0.1, 0.15) is 0 Å². The van der Waals surface area contributed by atoms with Gasteiger partial charge in [-0.1, -0.05) is 0 Å². The summed E-state index contributed by atoms with van der Waals surface area (Å²) in [5, 5.41) is 8.50. The van der Waals surface area contributed by atoms with Gasteiger partial charge in [0.05, 0.1) is 6.61 Å². The summed E-state index contributed by atoms with van der Waals surface area (Å²) in [5.74, 6) is 1.15. The number of rotatable bonds is 5. The van der Waals surface area contributed by atoms with Crippen molar-refractivity contribution in [3.05, 3.63) is 0 Å². The number of hydrogen-bond donors (Lipinski definition) is 2. The number of nitrogens with two attached hydrogens (primary N) is 1. The molecule has 2 nitrogen and oxygen atoms in total. The van der Waals surface area contributed by atoms with E-state index in [4.69, 9.17) is 10.8 Å². The van der Waals surface area contributed by atoms with Gasteiger partial charge >= 0.3 is 0 Å². The van der Waals surface area contributed by atoms with E-state index in [-0.39, 0.29) is 12.6 Å². The van der Waals surface area contributed by atoms with Crippen molar-refractivity contribution in [1.29, 1.82) is 0 Å². The molecule has 1 atom stereocenters. The molecule has 9 heavy (non-hydrogen) atoms. The molecule has 0 rings (SSSR count). The largest absolute Gasteiger partial charge is 0.395 e. The van der Waals surface area contributed by atoms with E-state index < -0.39 is 0 Å². The molecule has 0 heterocycles. The Morgan fingerprint density at radius 2 is 2.33 bits per heavy atom. The molecular weight excluding hydrogens is 134 g/mol. The summed E-state index contributed by atoms with van der Waals surface area (Å²) >= 11 is 1.82. The van der Waals surface area contributed by atoms with Crippen LogP contribution < -0.4 is 5.73 Å². The van der Waals surface area contributed by atoms with Crippen LogP contribution in [0.15, 0.2) is 0 Å². The van der Waals surface area contributed by atoms with Gasteiger partial charge in [-0.2, -0.15) is 11.8 Å². The fourth-order valence-corrected chi connectivity index (χ4v) is 1.04. The van der Waals surface area contributed by atoms with Gasteiger partial charge in [-0.3, -0.25) is 0 Å². The lowest BCUT2D eigenvalue weighted by Gasteiger charge is -2.05. The van der Waals surface area contributed by atoms with Crippen LogP contribution in [0.4, 0.5) is 0 Å². The fourth-order valence-electron chi connectivity index (χ4n) is 0.581. The van der Waals surface area contributed by atoms with Gasteiger partial charge in [0, 0.05) is 6.04 Å². The molecule has 0 saturated carbocycles. The fraction of sp³-hybridized carbons (Fsp3) is 1.00. The van der Waals surface area contributed by atoms with E-state index in [2.05, 4.69) is 6.26 Å². The molecular formula is C6H15NOS. The van der Waals surface area contributed by atoms with E-state index in [1.807, 2.05) is 11.8 Å². The Balaban J connectivity index is 2.88. The van der Waals surface area contributed by atoms with E-state index in [0.717, 1.165) is 18.6 Å². The molecule has 3 N–H and O–H groups in total. The molecule has 0 aliphatic heterocycles. The summed E-state index contributed by atoms with van der Waals surface area (Å²) in [6.45, 7) is 0.119. The van der Waals surface area contributed by atoms with Crippen molar-refractivity contribution >= 4 is 11.8 Å². The summed E-state index contributed by atoms with van der Waals surface area (Å²) in [7, 11) is 0. The molecule has 0 saturated heterocycles. The van der Waals surface area contributed by atoms with Crippen molar-refractivity contribution in [2.24, 2.45) is 5.73 Å². The number of thioether (sulfide) groups is 1. The maximum Gasteiger partial charge on any atom is 0.0582 e. The third-order valence-corrected chi connectivity index (χ3v) is 1.85. The molecule has 56 valence electrons. The van der Waals surface area contributed by atoms with Crippen LogP contribution in [-0.4, -0.2) is 29.8 Å². The summed E-state index contributed by atoms with van der Waals surface area (Å²) in [6, 6.07) is -0.00264. The van der Waals surface area contributed by atoms with E-state index in [1.165, 1.54) is 0 Å². The topological polar surface area (TPSA) is 46.2 Å². The smallest absolute Gasteiger partial charge is 0.0582 e. The Bertz CT molecular complexity index is 61.0. The highest BCUT2D eigenvalue weighted by Gasteiger charge is 1.97. The number of aliphatic hydroxyl groups is 1. The van der Waals surface area contributed by atoms with Gasteiger partial charge in [-0.15, -0.1) is 0 Å². The molecule has 0 bridgehead atoms. The second-order valence-corrected chi connectivity index (χ2v) is 3.06. The van der Waals surface area contributed by atoms with Crippen LogP contribution in [0, 0.1) is 0 Å². The monoisotopic (exact) mass is 149 g/mol. The molecule has 0 unspecified atom stereocenters. The van der Waals surface area contributed by atoms with Crippen molar-refractivity contribution in [1.82, 2.24) is 0 Å². The zero-order valence-corrected chi connectivity index (χ0v) is 6.66. The Kier molecular flexibility index (Phi) is 6.58. The first-order valence-corrected chi connectivity index (χ1v) is 4.56. The van der Waals surface area contributed by atoms with Crippen molar-refractivity contribution in [2.75, 3.05) is 18.6 Å². The lowest BCUT2D eigenvalue weighted by Crippen LogP contribution is -2.24. The molecule has 0 aliphatic carbocycles. The maximum atomic E-state index is 8.50. The van der Waals surface area contributed by atoms with Gasteiger partial charge < -0.3 is 10.8 Å². The van der Waals surface area contributed by atoms with Gasteiger partial charge in [0.2, 0.25) is 0 Å². The van der Waals surface area contributed by atoms with Gasteiger partial charge in [-0.05, 0) is 24.9 Å². The molecule has 0 spiro atoms. The first kappa shape index (κ1) is 9.27. The Labute approximate surface area is 60.8 Å². The first-order valence-electron chi connectivity index (χ1n) is 3.16. The van der Waals surface area contributed by atoms with E-state index in [0.29, 0.717) is 0 Å². The average Bonchev–Trinajstić information content (AvgIpc) is 1.89. The van der Waals surface area contributed by atoms with Crippen molar-refractivity contribution < 1.29 is 5.11 Å². The third kappa shape index (κ3) is 6.15. The van der Waals surface area contributed by atoms with E-state index in [1.54, 1.807) is 0 Å². The average molecular weight is 149 g/mol. The summed E-state index contributed by atoms with van der Waals surface area (Å²) in [6.07, 6.45) is 4.13. The molecule has 0 aromatic rings. The maximum absolute atomic E-state index is 8.50. The molecule has 0 aromatic carbocycles. The van der Waals surface area contributed by atoms with Crippen molar-refractivity contribution in [3.63, 3.8) is 0 Å². The zero-order valence-electron chi connectivity index (χ0n) is 5.84. The highest BCUT2D eigenvalue weighted by molar-refractivity contribution is 7.98. The van der Waals surface area contributed by atoms with Crippen molar-refractivity contribution in [3.8, 4) is 0 Å². The van der Waals surface area contributed by atoms with Crippen LogP contribution in [0.2, 0.25) is 0 Å². The molecule has 3 heteroatoms. The van der Waals surface area contributed by atoms with Crippen LogP contribution >= 0.6 is 11.8 Å². The Morgan fingerprint density at radius 1 is 1.67 bits per heavy atom. The molecule has 0 amide bonds. The summed E-state index contributed by atoms with van der Waals surface area (Å²) in [4.78, 5) is 0. The predicted molar refractivity (Wildman–Crippen MR) is 42.7 cm³/mol. The molecule has 0 radical (unpaired) electrons. The normalized spacial score (nSPS) is 13.7. The predicted octanol–water partition coefficient (Wildman–Crippen LogP) is 0.449. The standard InChI is InChI=1S/C6H15NOS/c1-9-4-2-3-6(7)5-8/h6,8H,2-5,7H2,1H3/t6-/m0/s1. The third-order valence-electron chi connectivity index (χ3n) is 1.16.